The molecule has 18 heavy (non-hydrogen) atoms. The zero-order chi connectivity index (χ0) is 13.3. The molecule has 1 aliphatic heterocycles. The Bertz CT molecular complexity index is 578. The summed E-state index contributed by atoms with van der Waals surface area (Å²) in [6, 6.07) is 1.18. The molecule has 1 aliphatic rings. The van der Waals surface area contributed by atoms with Crippen LogP contribution in [0.25, 0.3) is 0 Å². The molecule has 1 unspecified atom stereocenters. The number of carbonyl (C=O) groups excluding carboxylic acids is 1. The Morgan fingerprint density at radius 3 is 2.83 bits per heavy atom. The number of pyridine rings is 1. The molecular weight excluding hydrogens is 283 g/mol. The second-order valence-corrected chi connectivity index (χ2v) is 6.96. The number of hydrogen-bond acceptors (Lipinski definition) is 4. The number of amides is 1. The Morgan fingerprint density at radius 1 is 1.50 bits per heavy atom. The average molecular weight is 293 g/mol. The first kappa shape index (κ1) is 13.2. The molecule has 1 fully saturated rings. The number of nitrogens with zero attached hydrogens (tertiary/aromatic N) is 2. The fraction of sp³-hybridized carbons (Fsp3) is 0.400. The van der Waals surface area contributed by atoms with Gasteiger partial charge in [-0.25, -0.2) is 12.8 Å². The molecule has 1 saturated heterocycles. The summed E-state index contributed by atoms with van der Waals surface area (Å²) in [6.45, 7) is 0.204. The summed E-state index contributed by atoms with van der Waals surface area (Å²) < 4.78 is 34.9. The highest BCUT2D eigenvalue weighted by atomic mass is 35.7. The van der Waals surface area contributed by atoms with Gasteiger partial charge in [0, 0.05) is 35.6 Å². The molecule has 5 nitrogen and oxygen atoms in total. The van der Waals surface area contributed by atoms with Crippen LogP contribution < -0.4 is 4.90 Å². The molecule has 0 spiro atoms. The smallest absolute Gasteiger partial charge is 0.232 e. The first-order valence-corrected chi connectivity index (χ1v) is 7.66. The zero-order valence-electron chi connectivity index (χ0n) is 9.21. The van der Waals surface area contributed by atoms with Crippen molar-refractivity contribution in [3.63, 3.8) is 0 Å². The molecule has 0 bridgehead atoms. The van der Waals surface area contributed by atoms with E-state index in [0.717, 1.165) is 6.20 Å². The van der Waals surface area contributed by atoms with Crippen LogP contribution in [0, 0.1) is 11.7 Å². The van der Waals surface area contributed by atoms with Crippen molar-refractivity contribution in [1.29, 1.82) is 0 Å². The maximum atomic E-state index is 13.0. The van der Waals surface area contributed by atoms with Crippen molar-refractivity contribution in [2.75, 3.05) is 17.2 Å². The van der Waals surface area contributed by atoms with E-state index in [1.807, 2.05) is 0 Å². The van der Waals surface area contributed by atoms with Crippen LogP contribution in [0.1, 0.15) is 6.42 Å². The van der Waals surface area contributed by atoms with Crippen LogP contribution in [-0.4, -0.2) is 31.6 Å². The summed E-state index contributed by atoms with van der Waals surface area (Å²) in [7, 11) is 1.51. The molecule has 1 atom stereocenters. The SMILES string of the molecule is O=C1CC(CS(=O)(=O)Cl)CN1c1cncc(F)c1. The number of carbonyl (C=O) groups is 1. The average Bonchev–Trinajstić information content (AvgIpc) is 2.56. The van der Waals surface area contributed by atoms with Gasteiger partial charge in [-0.3, -0.25) is 9.78 Å². The van der Waals surface area contributed by atoms with Crippen molar-refractivity contribution in [2.45, 2.75) is 6.42 Å². The van der Waals surface area contributed by atoms with Crippen LogP contribution in [0.3, 0.4) is 0 Å². The lowest BCUT2D eigenvalue weighted by atomic mass is 10.1. The molecule has 0 aromatic carbocycles. The van der Waals surface area contributed by atoms with Crippen LogP contribution in [-0.2, 0) is 13.8 Å². The van der Waals surface area contributed by atoms with Crippen molar-refractivity contribution in [3.8, 4) is 0 Å². The third-order valence-electron chi connectivity index (χ3n) is 2.64. The van der Waals surface area contributed by atoms with E-state index in [1.54, 1.807) is 0 Å². The molecule has 2 heterocycles. The van der Waals surface area contributed by atoms with Gasteiger partial charge in [-0.1, -0.05) is 0 Å². The minimum absolute atomic E-state index is 0.0858. The van der Waals surface area contributed by atoms with E-state index in [2.05, 4.69) is 4.98 Å². The van der Waals surface area contributed by atoms with Gasteiger partial charge in [0.1, 0.15) is 5.82 Å². The first-order valence-electron chi connectivity index (χ1n) is 5.18. The minimum atomic E-state index is -3.64. The van der Waals surface area contributed by atoms with Gasteiger partial charge in [-0.05, 0) is 0 Å². The van der Waals surface area contributed by atoms with Crippen molar-refractivity contribution < 1.29 is 17.6 Å². The summed E-state index contributed by atoms with van der Waals surface area (Å²) in [5.41, 5.74) is 0.328. The molecular formula is C10H10ClFN2O3S. The van der Waals surface area contributed by atoms with Crippen molar-refractivity contribution in [2.24, 2.45) is 5.92 Å². The summed E-state index contributed by atoms with van der Waals surface area (Å²) in [4.78, 5) is 16.7. The largest absolute Gasteiger partial charge is 0.310 e. The topological polar surface area (TPSA) is 67.3 Å². The fourth-order valence-corrected chi connectivity index (χ4v) is 3.29. The van der Waals surface area contributed by atoms with Crippen LogP contribution >= 0.6 is 10.7 Å². The summed E-state index contributed by atoms with van der Waals surface area (Å²) >= 11 is 0. The van der Waals surface area contributed by atoms with Crippen LogP contribution in [0.4, 0.5) is 10.1 Å². The summed E-state index contributed by atoms with van der Waals surface area (Å²) in [5, 5.41) is 0. The number of rotatable bonds is 3. The number of aromatic nitrogens is 1. The van der Waals surface area contributed by atoms with Gasteiger partial charge in [0.05, 0.1) is 23.8 Å². The number of hydrogen-bond donors (Lipinski definition) is 0. The van der Waals surface area contributed by atoms with Crippen molar-refractivity contribution in [1.82, 2.24) is 4.98 Å². The third kappa shape index (κ3) is 3.17. The van der Waals surface area contributed by atoms with E-state index in [1.165, 1.54) is 17.2 Å². The maximum Gasteiger partial charge on any atom is 0.232 e. The van der Waals surface area contributed by atoms with Gasteiger partial charge < -0.3 is 4.90 Å². The molecule has 0 radical (unpaired) electrons. The van der Waals surface area contributed by atoms with Crippen LogP contribution in [0.15, 0.2) is 18.5 Å². The lowest BCUT2D eigenvalue weighted by molar-refractivity contribution is -0.117. The number of halogens is 2. The molecule has 0 saturated carbocycles. The predicted molar refractivity (Wildman–Crippen MR) is 64.3 cm³/mol. The Kier molecular flexibility index (Phi) is 3.54. The van der Waals surface area contributed by atoms with Gasteiger partial charge in [-0.2, -0.15) is 0 Å². The Hall–Kier alpha value is -1.21. The Morgan fingerprint density at radius 2 is 2.22 bits per heavy atom. The highest BCUT2D eigenvalue weighted by molar-refractivity contribution is 8.13. The monoisotopic (exact) mass is 292 g/mol. The van der Waals surface area contributed by atoms with Crippen molar-refractivity contribution >= 4 is 31.3 Å². The fourth-order valence-electron chi connectivity index (χ4n) is 1.97. The standard InChI is InChI=1S/C10H10ClFN2O3S/c11-18(16,17)6-7-1-10(15)14(5-7)9-2-8(12)3-13-4-9/h2-4,7H,1,5-6H2. The summed E-state index contributed by atoms with van der Waals surface area (Å²) in [5.74, 6) is -1.44. The number of anilines is 1. The van der Waals surface area contributed by atoms with Gasteiger partial charge in [0.15, 0.2) is 0 Å². The molecule has 0 aliphatic carbocycles. The quantitative estimate of drug-likeness (QED) is 0.784. The van der Waals surface area contributed by atoms with E-state index in [9.17, 15) is 17.6 Å². The second-order valence-electron chi connectivity index (χ2n) is 4.14. The minimum Gasteiger partial charge on any atom is -0.310 e. The van der Waals surface area contributed by atoms with E-state index in [-0.39, 0.29) is 30.5 Å². The Labute approximate surface area is 108 Å². The lowest BCUT2D eigenvalue weighted by Gasteiger charge is -2.15. The Balaban J connectivity index is 2.15. The molecule has 0 N–H and O–H groups in total. The van der Waals surface area contributed by atoms with E-state index < -0.39 is 14.9 Å². The zero-order valence-corrected chi connectivity index (χ0v) is 10.8. The molecule has 1 amide bonds. The van der Waals surface area contributed by atoms with Gasteiger partial charge in [0.2, 0.25) is 15.0 Å². The van der Waals surface area contributed by atoms with Crippen molar-refractivity contribution in [3.05, 3.63) is 24.3 Å². The predicted octanol–water partition coefficient (Wildman–Crippen LogP) is 1.14. The van der Waals surface area contributed by atoms with Crippen LogP contribution in [0.5, 0.6) is 0 Å². The molecule has 8 heteroatoms. The third-order valence-corrected chi connectivity index (χ3v) is 3.89. The summed E-state index contributed by atoms with van der Waals surface area (Å²) in [6.07, 6.45) is 2.48. The van der Waals surface area contributed by atoms with Gasteiger partial charge in [0.25, 0.3) is 0 Å². The highest BCUT2D eigenvalue weighted by Crippen LogP contribution is 2.26. The molecule has 1 aromatic rings. The second kappa shape index (κ2) is 4.81. The van der Waals surface area contributed by atoms with E-state index in [4.69, 9.17) is 10.7 Å². The molecule has 98 valence electrons. The van der Waals surface area contributed by atoms with Gasteiger partial charge >= 0.3 is 0 Å². The first-order chi connectivity index (χ1) is 8.35. The van der Waals surface area contributed by atoms with Crippen LogP contribution in [0.2, 0.25) is 0 Å². The lowest BCUT2D eigenvalue weighted by Crippen LogP contribution is -2.25. The maximum absolute atomic E-state index is 13.0. The molecule has 2 rings (SSSR count). The van der Waals surface area contributed by atoms with E-state index in [0.29, 0.717) is 5.69 Å². The molecule has 1 aromatic heterocycles. The normalized spacial score (nSPS) is 20.4. The highest BCUT2D eigenvalue weighted by Gasteiger charge is 2.33. The van der Waals surface area contributed by atoms with E-state index >= 15 is 0 Å². The van der Waals surface area contributed by atoms with Gasteiger partial charge in [-0.15, -0.1) is 0 Å².